The zero-order valence-electron chi connectivity index (χ0n) is 15.6. The third-order valence-corrected chi connectivity index (χ3v) is 5.63. The van der Waals surface area contributed by atoms with Crippen LogP contribution in [-0.4, -0.2) is 40.9 Å². The van der Waals surface area contributed by atoms with Gasteiger partial charge in [0.25, 0.3) is 11.8 Å². The van der Waals surface area contributed by atoms with Gasteiger partial charge in [0.05, 0.1) is 30.0 Å². The molecule has 0 saturated carbocycles. The van der Waals surface area contributed by atoms with Gasteiger partial charge in [-0.3, -0.25) is 29.4 Å². The molecule has 2 aliphatic rings. The maximum absolute atomic E-state index is 13.2. The molecule has 3 amide bonds. The van der Waals surface area contributed by atoms with Gasteiger partial charge in [0.2, 0.25) is 11.6 Å². The summed E-state index contributed by atoms with van der Waals surface area (Å²) < 4.78 is 4.89. The molecule has 2 aromatic rings. The highest BCUT2D eigenvalue weighted by Crippen LogP contribution is 2.39. The Morgan fingerprint density at radius 1 is 1.34 bits per heavy atom. The molecule has 0 radical (unpaired) electrons. The molecule has 150 valence electrons. The lowest BCUT2D eigenvalue weighted by molar-refractivity contribution is -0.142. The topological polar surface area (TPSA) is 118 Å². The van der Waals surface area contributed by atoms with Gasteiger partial charge < -0.3 is 10.1 Å². The molecule has 1 aromatic carbocycles. The summed E-state index contributed by atoms with van der Waals surface area (Å²) in [6.07, 6.45) is 0.285. The summed E-state index contributed by atoms with van der Waals surface area (Å²) in [5, 5.41) is 7.31. The average Bonchev–Trinajstić information content (AvgIpc) is 3.27. The van der Waals surface area contributed by atoms with Crippen LogP contribution in [0, 0.1) is 0 Å². The quantitative estimate of drug-likeness (QED) is 0.715. The number of aromatic nitrogens is 1. The molecule has 1 saturated heterocycles. The van der Waals surface area contributed by atoms with E-state index in [4.69, 9.17) is 4.74 Å². The smallest absolute Gasteiger partial charge is 0.311 e. The molecule has 0 spiro atoms. The predicted octanol–water partition coefficient (Wildman–Crippen LogP) is 1.45. The summed E-state index contributed by atoms with van der Waals surface area (Å²) in [7, 11) is 0. The molecule has 2 aliphatic heterocycles. The third-order valence-electron chi connectivity index (χ3n) is 4.82. The standard InChI is InChI=1S/C19H18N4O5S/c1-2-28-15(25)9-11-10-29-18(20-11)21-17(27)19-8-7-14(24)23(19)13-6-4-3-5-12(13)16(26)22-19/h3-6,10H,2,7-9H2,1H3,(H,22,26)(H,20,21,27)/t19-/m0/s1. The number of carbonyl (C=O) groups is 4. The number of para-hydroxylation sites is 1. The van der Waals surface area contributed by atoms with Gasteiger partial charge in [-0.15, -0.1) is 11.3 Å². The Kier molecular flexibility index (Phi) is 4.79. The first-order chi connectivity index (χ1) is 13.9. The summed E-state index contributed by atoms with van der Waals surface area (Å²) in [5.74, 6) is -1.61. The molecule has 0 aliphatic carbocycles. The van der Waals surface area contributed by atoms with Crippen LogP contribution < -0.4 is 15.5 Å². The summed E-state index contributed by atoms with van der Waals surface area (Å²) in [5.41, 5.74) is -0.276. The molecule has 0 unspecified atom stereocenters. The number of nitrogens with one attached hydrogen (secondary N) is 2. The van der Waals surface area contributed by atoms with Gasteiger partial charge in [0.1, 0.15) is 0 Å². The van der Waals surface area contributed by atoms with Crippen molar-refractivity contribution in [1.29, 1.82) is 0 Å². The molecule has 3 heterocycles. The summed E-state index contributed by atoms with van der Waals surface area (Å²) in [4.78, 5) is 55.5. The molecule has 2 N–H and O–H groups in total. The number of hydrogen-bond acceptors (Lipinski definition) is 7. The number of nitrogens with zero attached hydrogens (tertiary/aromatic N) is 2. The van der Waals surface area contributed by atoms with Crippen molar-refractivity contribution >= 4 is 45.8 Å². The van der Waals surface area contributed by atoms with E-state index in [0.717, 1.165) is 11.3 Å². The molecule has 1 fully saturated rings. The van der Waals surface area contributed by atoms with Crippen LogP contribution in [0.4, 0.5) is 10.8 Å². The van der Waals surface area contributed by atoms with Gasteiger partial charge in [-0.1, -0.05) is 12.1 Å². The first-order valence-electron chi connectivity index (χ1n) is 9.10. The first kappa shape index (κ1) is 19.1. The van der Waals surface area contributed by atoms with Crippen molar-refractivity contribution < 1.29 is 23.9 Å². The molecule has 10 heteroatoms. The van der Waals surface area contributed by atoms with Crippen LogP contribution in [0.2, 0.25) is 0 Å². The third kappa shape index (κ3) is 3.25. The Balaban J connectivity index is 1.58. The van der Waals surface area contributed by atoms with Crippen molar-refractivity contribution in [3.8, 4) is 0 Å². The van der Waals surface area contributed by atoms with Crippen LogP contribution >= 0.6 is 11.3 Å². The number of esters is 1. The van der Waals surface area contributed by atoms with E-state index in [2.05, 4.69) is 15.6 Å². The number of fused-ring (bicyclic) bond motifs is 3. The van der Waals surface area contributed by atoms with E-state index in [1.165, 1.54) is 4.90 Å². The second kappa shape index (κ2) is 7.28. The van der Waals surface area contributed by atoms with Crippen molar-refractivity contribution in [2.75, 3.05) is 16.8 Å². The minimum atomic E-state index is -1.50. The van der Waals surface area contributed by atoms with Crippen LogP contribution in [0.3, 0.4) is 0 Å². The van der Waals surface area contributed by atoms with E-state index in [1.54, 1.807) is 36.6 Å². The van der Waals surface area contributed by atoms with Gasteiger partial charge in [0, 0.05) is 18.2 Å². The fourth-order valence-electron chi connectivity index (χ4n) is 3.58. The highest BCUT2D eigenvalue weighted by atomic mass is 32.1. The van der Waals surface area contributed by atoms with Gasteiger partial charge in [-0.25, -0.2) is 4.98 Å². The van der Waals surface area contributed by atoms with Crippen molar-refractivity contribution in [3.63, 3.8) is 0 Å². The average molecular weight is 414 g/mol. The minimum Gasteiger partial charge on any atom is -0.466 e. The zero-order chi connectivity index (χ0) is 20.6. The number of anilines is 2. The van der Waals surface area contributed by atoms with Crippen LogP contribution in [0.15, 0.2) is 29.6 Å². The van der Waals surface area contributed by atoms with Crippen LogP contribution in [0.25, 0.3) is 0 Å². The monoisotopic (exact) mass is 414 g/mol. The number of thiazole rings is 1. The number of ether oxygens (including phenoxy) is 1. The number of hydrogen-bond donors (Lipinski definition) is 2. The van der Waals surface area contributed by atoms with Crippen LogP contribution in [0.5, 0.6) is 0 Å². The maximum atomic E-state index is 13.2. The maximum Gasteiger partial charge on any atom is 0.311 e. The van der Waals surface area contributed by atoms with Gasteiger partial charge in [-0.2, -0.15) is 0 Å². The summed E-state index contributed by atoms with van der Waals surface area (Å²) in [6, 6.07) is 6.68. The highest BCUT2D eigenvalue weighted by molar-refractivity contribution is 7.14. The molecule has 0 bridgehead atoms. The Morgan fingerprint density at radius 3 is 2.93 bits per heavy atom. The number of benzene rings is 1. The second-order valence-corrected chi connectivity index (χ2v) is 7.50. The molecule has 4 rings (SSSR count). The minimum absolute atomic E-state index is 0.0000749. The van der Waals surface area contributed by atoms with E-state index in [0.29, 0.717) is 16.9 Å². The number of carbonyl (C=O) groups excluding carboxylic acids is 4. The van der Waals surface area contributed by atoms with Crippen molar-refractivity contribution in [2.24, 2.45) is 0 Å². The SMILES string of the molecule is CCOC(=O)Cc1csc(NC(=O)[C@]23CCC(=O)N2c2ccccc2C(=O)N3)n1. The Bertz CT molecular complexity index is 1020. The lowest BCUT2D eigenvalue weighted by atomic mass is 9.99. The number of amides is 3. The second-order valence-electron chi connectivity index (χ2n) is 6.64. The van der Waals surface area contributed by atoms with Gasteiger partial charge in [-0.05, 0) is 19.1 Å². The summed E-state index contributed by atoms with van der Waals surface area (Å²) in [6.45, 7) is 2.00. The van der Waals surface area contributed by atoms with E-state index in [9.17, 15) is 19.2 Å². The van der Waals surface area contributed by atoms with Crippen LogP contribution in [-0.2, 0) is 25.5 Å². The molecular formula is C19H18N4O5S. The Labute approximate surface area is 170 Å². The highest BCUT2D eigenvalue weighted by Gasteiger charge is 2.56. The molecular weight excluding hydrogens is 396 g/mol. The zero-order valence-corrected chi connectivity index (χ0v) is 16.4. The largest absolute Gasteiger partial charge is 0.466 e. The van der Waals surface area contributed by atoms with Gasteiger partial charge >= 0.3 is 5.97 Å². The molecule has 1 atom stereocenters. The fourth-order valence-corrected chi connectivity index (χ4v) is 4.28. The van der Waals surface area contributed by atoms with Crippen molar-refractivity contribution in [2.45, 2.75) is 31.8 Å². The molecule has 29 heavy (non-hydrogen) atoms. The fraction of sp³-hybridized carbons (Fsp3) is 0.316. The van der Waals surface area contributed by atoms with Crippen molar-refractivity contribution in [3.05, 3.63) is 40.9 Å². The Hall–Kier alpha value is -3.27. The molecule has 9 nitrogen and oxygen atoms in total. The van der Waals surface area contributed by atoms with Crippen molar-refractivity contribution in [1.82, 2.24) is 10.3 Å². The van der Waals surface area contributed by atoms with E-state index >= 15 is 0 Å². The van der Waals surface area contributed by atoms with E-state index in [-0.39, 0.29) is 36.9 Å². The summed E-state index contributed by atoms with van der Waals surface area (Å²) >= 11 is 1.15. The van der Waals surface area contributed by atoms with Gasteiger partial charge in [0.15, 0.2) is 5.13 Å². The Morgan fingerprint density at radius 2 is 2.14 bits per heavy atom. The van der Waals surface area contributed by atoms with Crippen LogP contribution in [0.1, 0.15) is 35.8 Å². The van der Waals surface area contributed by atoms with E-state index in [1.807, 2.05) is 0 Å². The normalized spacial score (nSPS) is 20.0. The first-order valence-corrected chi connectivity index (χ1v) is 9.98. The number of rotatable bonds is 5. The lowest BCUT2D eigenvalue weighted by Crippen LogP contribution is -2.68. The lowest BCUT2D eigenvalue weighted by Gasteiger charge is -2.41. The van der Waals surface area contributed by atoms with E-state index < -0.39 is 23.4 Å². The predicted molar refractivity (Wildman–Crippen MR) is 104 cm³/mol. The molecule has 1 aromatic heterocycles.